The summed E-state index contributed by atoms with van der Waals surface area (Å²) in [5.41, 5.74) is 7.92. The molecular weight excluding hydrogens is 238 g/mol. The van der Waals surface area contributed by atoms with E-state index in [0.29, 0.717) is 36.7 Å². The van der Waals surface area contributed by atoms with Crippen molar-refractivity contribution in [2.75, 3.05) is 18.8 Å². The molecule has 0 unspecified atom stereocenters. The SMILES string of the molecule is Cc1cccc(C(=O)N(CCC#N)CC(C)C)c1N. The molecule has 0 aliphatic heterocycles. The quantitative estimate of drug-likeness (QED) is 0.826. The second-order valence-electron chi connectivity index (χ2n) is 5.09. The fraction of sp³-hybridized carbons (Fsp3) is 0.467. The highest BCUT2D eigenvalue weighted by molar-refractivity contribution is 5.99. The van der Waals surface area contributed by atoms with Gasteiger partial charge in [0, 0.05) is 18.8 Å². The van der Waals surface area contributed by atoms with Gasteiger partial charge in [0.25, 0.3) is 5.91 Å². The van der Waals surface area contributed by atoms with E-state index in [0.717, 1.165) is 5.56 Å². The summed E-state index contributed by atoms with van der Waals surface area (Å²) in [5.74, 6) is 0.263. The number of nitrogen functional groups attached to an aromatic ring is 1. The molecule has 4 nitrogen and oxygen atoms in total. The number of aryl methyl sites for hydroxylation is 1. The number of rotatable bonds is 5. The first kappa shape index (κ1) is 15.0. The maximum Gasteiger partial charge on any atom is 0.255 e. The predicted molar refractivity (Wildman–Crippen MR) is 76.6 cm³/mol. The van der Waals surface area contributed by atoms with Crippen LogP contribution in [0.5, 0.6) is 0 Å². The average Bonchev–Trinajstić information content (AvgIpc) is 2.36. The van der Waals surface area contributed by atoms with Gasteiger partial charge in [-0.05, 0) is 24.5 Å². The van der Waals surface area contributed by atoms with Crippen LogP contribution >= 0.6 is 0 Å². The zero-order chi connectivity index (χ0) is 14.4. The summed E-state index contributed by atoms with van der Waals surface area (Å²) in [4.78, 5) is 14.2. The Hall–Kier alpha value is -2.02. The van der Waals surface area contributed by atoms with E-state index in [2.05, 4.69) is 6.07 Å². The summed E-state index contributed by atoms with van der Waals surface area (Å²) in [6, 6.07) is 7.53. The van der Waals surface area contributed by atoms with Crippen molar-refractivity contribution in [1.29, 1.82) is 5.26 Å². The smallest absolute Gasteiger partial charge is 0.255 e. The standard InChI is InChI=1S/C15H21N3O/c1-11(2)10-18(9-5-8-16)15(19)13-7-4-6-12(3)14(13)17/h4,6-7,11H,5,9-10,17H2,1-3H3. The second-order valence-corrected chi connectivity index (χ2v) is 5.09. The number of hydrogen-bond donors (Lipinski definition) is 1. The number of anilines is 1. The molecule has 0 bridgehead atoms. The fourth-order valence-corrected chi connectivity index (χ4v) is 1.94. The lowest BCUT2D eigenvalue weighted by atomic mass is 10.1. The van der Waals surface area contributed by atoms with Gasteiger partial charge in [-0.2, -0.15) is 5.26 Å². The van der Waals surface area contributed by atoms with Crippen LogP contribution in [0.2, 0.25) is 0 Å². The van der Waals surface area contributed by atoms with Crippen LogP contribution in [0.4, 0.5) is 5.69 Å². The van der Waals surface area contributed by atoms with Crippen molar-refractivity contribution in [2.45, 2.75) is 27.2 Å². The van der Waals surface area contributed by atoms with Crippen molar-refractivity contribution >= 4 is 11.6 Å². The topological polar surface area (TPSA) is 70.1 Å². The van der Waals surface area contributed by atoms with Gasteiger partial charge in [-0.25, -0.2) is 0 Å². The fourth-order valence-electron chi connectivity index (χ4n) is 1.94. The lowest BCUT2D eigenvalue weighted by molar-refractivity contribution is 0.0741. The van der Waals surface area contributed by atoms with Crippen LogP contribution in [0.25, 0.3) is 0 Å². The number of nitrogens with zero attached hydrogens (tertiary/aromatic N) is 2. The van der Waals surface area contributed by atoms with E-state index < -0.39 is 0 Å². The maximum absolute atomic E-state index is 12.5. The zero-order valence-corrected chi connectivity index (χ0v) is 11.8. The van der Waals surface area contributed by atoms with Gasteiger partial charge >= 0.3 is 0 Å². The molecule has 0 aromatic heterocycles. The summed E-state index contributed by atoms with van der Waals surface area (Å²) in [6.45, 7) is 7.06. The summed E-state index contributed by atoms with van der Waals surface area (Å²) in [7, 11) is 0. The molecule has 0 atom stereocenters. The summed E-state index contributed by atoms with van der Waals surface area (Å²) in [5, 5.41) is 8.69. The van der Waals surface area contributed by atoms with Crippen LogP contribution in [0.3, 0.4) is 0 Å². The zero-order valence-electron chi connectivity index (χ0n) is 11.8. The minimum absolute atomic E-state index is 0.0925. The molecule has 2 N–H and O–H groups in total. The second kappa shape index (κ2) is 6.79. The van der Waals surface area contributed by atoms with Gasteiger partial charge in [0.05, 0.1) is 18.1 Å². The Labute approximate surface area is 114 Å². The van der Waals surface area contributed by atoms with Gasteiger partial charge in [-0.3, -0.25) is 4.79 Å². The van der Waals surface area contributed by atoms with E-state index in [1.54, 1.807) is 11.0 Å². The normalized spacial score (nSPS) is 10.3. The minimum atomic E-state index is -0.0925. The van der Waals surface area contributed by atoms with Crippen molar-refractivity contribution in [3.05, 3.63) is 29.3 Å². The van der Waals surface area contributed by atoms with E-state index in [1.165, 1.54) is 0 Å². The van der Waals surface area contributed by atoms with Crippen molar-refractivity contribution in [1.82, 2.24) is 4.90 Å². The average molecular weight is 259 g/mol. The van der Waals surface area contributed by atoms with Crippen LogP contribution in [0.15, 0.2) is 18.2 Å². The molecule has 1 rings (SSSR count). The number of nitriles is 1. The number of hydrogen-bond acceptors (Lipinski definition) is 3. The highest BCUT2D eigenvalue weighted by Gasteiger charge is 2.19. The van der Waals surface area contributed by atoms with Crippen molar-refractivity contribution in [2.24, 2.45) is 5.92 Å². The van der Waals surface area contributed by atoms with Gasteiger partial charge in [-0.1, -0.05) is 26.0 Å². The molecule has 0 fully saturated rings. The molecular formula is C15H21N3O. The summed E-state index contributed by atoms with van der Waals surface area (Å²) >= 11 is 0. The van der Waals surface area contributed by atoms with Gasteiger partial charge in [0.15, 0.2) is 0 Å². The number of para-hydroxylation sites is 1. The molecule has 0 spiro atoms. The molecule has 0 aliphatic rings. The first-order valence-corrected chi connectivity index (χ1v) is 6.48. The Morgan fingerprint density at radius 3 is 2.74 bits per heavy atom. The number of nitrogens with two attached hydrogens (primary N) is 1. The molecule has 0 saturated carbocycles. The first-order chi connectivity index (χ1) is 8.97. The van der Waals surface area contributed by atoms with Crippen LogP contribution in [0.1, 0.15) is 36.2 Å². The lowest BCUT2D eigenvalue weighted by Gasteiger charge is -2.24. The molecule has 1 aromatic rings. The van der Waals surface area contributed by atoms with Crippen LogP contribution in [-0.4, -0.2) is 23.9 Å². The third-order valence-corrected chi connectivity index (χ3v) is 2.92. The van der Waals surface area contributed by atoms with Gasteiger partial charge in [0.1, 0.15) is 0 Å². The molecule has 1 amide bonds. The highest BCUT2D eigenvalue weighted by Crippen LogP contribution is 2.19. The molecule has 102 valence electrons. The van der Waals surface area contributed by atoms with Gasteiger partial charge < -0.3 is 10.6 Å². The third kappa shape index (κ3) is 3.99. The number of carbonyl (C=O) groups excluding carboxylic acids is 1. The van der Waals surface area contributed by atoms with Gasteiger partial charge in [0.2, 0.25) is 0 Å². The van der Waals surface area contributed by atoms with E-state index in [1.807, 2.05) is 32.9 Å². The van der Waals surface area contributed by atoms with Crippen LogP contribution in [-0.2, 0) is 0 Å². The number of carbonyl (C=O) groups is 1. The lowest BCUT2D eigenvalue weighted by Crippen LogP contribution is -2.35. The Morgan fingerprint density at radius 1 is 1.47 bits per heavy atom. The summed E-state index contributed by atoms with van der Waals surface area (Å²) in [6.07, 6.45) is 0.337. The molecule has 0 radical (unpaired) electrons. The highest BCUT2D eigenvalue weighted by atomic mass is 16.2. The van der Waals surface area contributed by atoms with Crippen molar-refractivity contribution in [3.8, 4) is 6.07 Å². The summed E-state index contributed by atoms with van der Waals surface area (Å²) < 4.78 is 0. The minimum Gasteiger partial charge on any atom is -0.398 e. The predicted octanol–water partition coefficient (Wildman–Crippen LogP) is 2.59. The Balaban J connectivity index is 2.98. The molecule has 0 aliphatic carbocycles. The van der Waals surface area contributed by atoms with Crippen molar-refractivity contribution < 1.29 is 4.79 Å². The maximum atomic E-state index is 12.5. The van der Waals surface area contributed by atoms with E-state index >= 15 is 0 Å². The van der Waals surface area contributed by atoms with Crippen LogP contribution in [0, 0.1) is 24.2 Å². The van der Waals surface area contributed by atoms with Crippen LogP contribution < -0.4 is 5.73 Å². The van der Waals surface area contributed by atoms with E-state index in [4.69, 9.17) is 11.0 Å². The van der Waals surface area contributed by atoms with Gasteiger partial charge in [-0.15, -0.1) is 0 Å². The number of amides is 1. The molecule has 0 heterocycles. The van der Waals surface area contributed by atoms with Crippen molar-refractivity contribution in [3.63, 3.8) is 0 Å². The largest absolute Gasteiger partial charge is 0.398 e. The first-order valence-electron chi connectivity index (χ1n) is 6.48. The van der Waals surface area contributed by atoms with E-state index in [9.17, 15) is 4.79 Å². The third-order valence-electron chi connectivity index (χ3n) is 2.92. The Kier molecular flexibility index (Phi) is 5.37. The Bertz CT molecular complexity index is 489. The Morgan fingerprint density at radius 2 is 2.16 bits per heavy atom. The molecule has 1 aromatic carbocycles. The number of benzene rings is 1. The molecule has 19 heavy (non-hydrogen) atoms. The monoisotopic (exact) mass is 259 g/mol. The molecule has 0 saturated heterocycles. The van der Waals surface area contributed by atoms with E-state index in [-0.39, 0.29) is 5.91 Å². The molecule has 4 heteroatoms.